The third kappa shape index (κ3) is 6.84. The van der Waals surface area contributed by atoms with Gasteiger partial charge in [-0.15, -0.1) is 0 Å². The Kier molecular flexibility index (Phi) is 8.68. The van der Waals surface area contributed by atoms with Gasteiger partial charge in [0, 0.05) is 30.2 Å². The number of benzene rings is 2. The largest absolute Gasteiger partial charge is 0.494 e. The Morgan fingerprint density at radius 2 is 1.09 bits per heavy atom. The number of nitrogens with zero attached hydrogens (tertiary/aromatic N) is 1. The summed E-state index contributed by atoms with van der Waals surface area (Å²) in [5.41, 5.74) is 4.67. The Bertz CT molecular complexity index is 954. The topological polar surface area (TPSA) is 22.3 Å². The maximum absolute atomic E-state index is 5.54. The molecule has 0 aliphatic heterocycles. The van der Waals surface area contributed by atoms with Crippen molar-refractivity contribution in [2.45, 2.75) is 34.2 Å². The van der Waals surface area contributed by atoms with Gasteiger partial charge >= 0.3 is 0 Å². The molecule has 32 heavy (non-hydrogen) atoms. The molecule has 0 radical (unpaired) electrons. The van der Waals surface area contributed by atoms with Crippen LogP contribution in [0.2, 0.25) is 0 Å². The van der Waals surface area contributed by atoms with Gasteiger partial charge in [-0.2, -0.15) is 4.57 Å². The number of ether oxygens (including phenoxy) is 2. The summed E-state index contributed by atoms with van der Waals surface area (Å²) in [6.07, 6.45) is 8.68. The van der Waals surface area contributed by atoms with E-state index in [9.17, 15) is 0 Å². The van der Waals surface area contributed by atoms with E-state index in [1.54, 1.807) is 0 Å². The summed E-state index contributed by atoms with van der Waals surface area (Å²) in [7, 11) is 0. The monoisotopic (exact) mass is 428 g/mol. The minimum Gasteiger partial charge on any atom is -0.494 e. The van der Waals surface area contributed by atoms with Crippen molar-refractivity contribution in [1.29, 1.82) is 0 Å². The second-order valence-electron chi connectivity index (χ2n) is 8.05. The Labute approximate surface area is 192 Å². The van der Waals surface area contributed by atoms with Crippen molar-refractivity contribution < 1.29 is 14.0 Å². The number of rotatable bonds is 10. The molecule has 3 rings (SSSR count). The Hall–Kier alpha value is -3.33. The van der Waals surface area contributed by atoms with E-state index in [1.807, 2.05) is 38.1 Å². The average molecular weight is 429 g/mol. The van der Waals surface area contributed by atoms with E-state index in [4.69, 9.17) is 9.47 Å². The van der Waals surface area contributed by atoms with Gasteiger partial charge in [-0.25, -0.2) is 0 Å². The summed E-state index contributed by atoms with van der Waals surface area (Å²) in [6, 6.07) is 22.9. The summed E-state index contributed by atoms with van der Waals surface area (Å²) < 4.78 is 13.5. The van der Waals surface area contributed by atoms with Gasteiger partial charge in [0.15, 0.2) is 6.54 Å². The first-order valence-corrected chi connectivity index (χ1v) is 11.4. The Morgan fingerprint density at radius 1 is 0.656 bits per heavy atom. The summed E-state index contributed by atoms with van der Waals surface area (Å²) in [5.74, 6) is 2.35. The first kappa shape index (κ1) is 23.3. The van der Waals surface area contributed by atoms with Crippen molar-refractivity contribution in [3.8, 4) is 11.5 Å². The maximum atomic E-state index is 5.54. The van der Waals surface area contributed by atoms with Gasteiger partial charge in [0.1, 0.15) is 11.5 Å². The van der Waals surface area contributed by atoms with Gasteiger partial charge in [-0.3, -0.25) is 0 Å². The lowest BCUT2D eigenvalue weighted by Gasteiger charge is -2.07. The van der Waals surface area contributed by atoms with Crippen molar-refractivity contribution in [3.05, 3.63) is 89.2 Å². The molecule has 2 aromatic carbocycles. The van der Waals surface area contributed by atoms with E-state index in [0.29, 0.717) is 19.1 Å². The number of hydrogen-bond donors (Lipinski definition) is 0. The molecule has 0 spiro atoms. The van der Waals surface area contributed by atoms with E-state index < -0.39 is 0 Å². The predicted octanol–water partition coefficient (Wildman–Crippen LogP) is 6.77. The molecular formula is C29H34NO2+. The highest BCUT2D eigenvalue weighted by Gasteiger charge is 2.14. The van der Waals surface area contributed by atoms with E-state index in [-0.39, 0.29) is 0 Å². The molecule has 3 heteroatoms. The molecule has 0 atom stereocenters. The summed E-state index contributed by atoms with van der Waals surface area (Å²) in [6.45, 7) is 10.8. The highest BCUT2D eigenvalue weighted by Crippen LogP contribution is 2.16. The van der Waals surface area contributed by atoms with Crippen LogP contribution in [0.25, 0.3) is 24.3 Å². The Morgan fingerprint density at radius 3 is 1.47 bits per heavy atom. The predicted molar refractivity (Wildman–Crippen MR) is 135 cm³/mol. The fraction of sp³-hybridized carbons (Fsp3) is 0.276. The molecule has 166 valence electrons. The zero-order chi connectivity index (χ0) is 22.8. The molecule has 0 aliphatic rings. The molecule has 0 saturated heterocycles. The third-order valence-electron chi connectivity index (χ3n) is 4.98. The molecule has 0 unspecified atom stereocenters. The highest BCUT2D eigenvalue weighted by atomic mass is 16.5. The summed E-state index contributed by atoms with van der Waals surface area (Å²) >= 11 is 0. The number of hydrogen-bond acceptors (Lipinski definition) is 2. The molecule has 0 bridgehead atoms. The molecule has 0 saturated carbocycles. The number of aromatic nitrogens is 1. The molecule has 0 amide bonds. The van der Waals surface area contributed by atoms with E-state index in [1.165, 1.54) is 11.4 Å². The molecule has 3 aromatic rings. The SMILES string of the molecule is CCOc1ccc(/C=C/c2cccc(/C=C/c3ccc(OCC)cc3)[n+]2CC(C)C)cc1. The van der Waals surface area contributed by atoms with Crippen LogP contribution in [0.5, 0.6) is 11.5 Å². The minimum atomic E-state index is 0.539. The van der Waals surface area contributed by atoms with Crippen molar-refractivity contribution >= 4 is 24.3 Å². The average Bonchev–Trinajstić information content (AvgIpc) is 2.79. The lowest BCUT2D eigenvalue weighted by molar-refractivity contribution is -0.705. The van der Waals surface area contributed by atoms with Gasteiger partial charge in [-0.05, 0) is 67.5 Å². The molecule has 3 nitrogen and oxygen atoms in total. The lowest BCUT2D eigenvalue weighted by Crippen LogP contribution is -2.42. The van der Waals surface area contributed by atoms with Crippen LogP contribution in [0.3, 0.4) is 0 Å². The van der Waals surface area contributed by atoms with Crippen LogP contribution in [0, 0.1) is 5.92 Å². The molecule has 0 fully saturated rings. The normalized spacial score (nSPS) is 11.5. The minimum absolute atomic E-state index is 0.539. The van der Waals surface area contributed by atoms with Gasteiger partial charge in [0.25, 0.3) is 0 Å². The molecule has 1 aromatic heterocycles. The summed E-state index contributed by atoms with van der Waals surface area (Å²) in [5, 5.41) is 0. The first-order chi connectivity index (χ1) is 15.6. The summed E-state index contributed by atoms with van der Waals surface area (Å²) in [4.78, 5) is 0. The Balaban J connectivity index is 1.84. The van der Waals surface area contributed by atoms with Crippen molar-refractivity contribution in [2.75, 3.05) is 13.2 Å². The van der Waals surface area contributed by atoms with Crippen LogP contribution in [-0.4, -0.2) is 13.2 Å². The molecule has 1 heterocycles. The second kappa shape index (κ2) is 11.9. The standard InChI is InChI=1S/C29H34NO2/c1-5-31-28-18-12-24(13-19-28)10-16-26-8-7-9-27(30(26)22-23(3)4)17-11-25-14-20-29(21-15-25)32-6-2/h7-21,23H,5-6,22H2,1-4H3/q+1/b16-10+,17-11+. The molecular weight excluding hydrogens is 394 g/mol. The van der Waals surface area contributed by atoms with Crippen LogP contribution >= 0.6 is 0 Å². The zero-order valence-corrected chi connectivity index (χ0v) is 19.6. The molecule has 0 N–H and O–H groups in total. The first-order valence-electron chi connectivity index (χ1n) is 11.4. The van der Waals surface area contributed by atoms with Crippen molar-refractivity contribution in [2.24, 2.45) is 5.92 Å². The fourth-order valence-corrected chi connectivity index (χ4v) is 3.49. The smallest absolute Gasteiger partial charge is 0.205 e. The quantitative estimate of drug-likeness (QED) is 0.333. The number of pyridine rings is 1. The lowest BCUT2D eigenvalue weighted by atomic mass is 10.1. The van der Waals surface area contributed by atoms with E-state index >= 15 is 0 Å². The fourth-order valence-electron chi connectivity index (χ4n) is 3.49. The van der Waals surface area contributed by atoms with Crippen LogP contribution in [0.15, 0.2) is 66.7 Å². The maximum Gasteiger partial charge on any atom is 0.205 e. The third-order valence-corrected chi connectivity index (χ3v) is 4.98. The van der Waals surface area contributed by atoms with Gasteiger partial charge in [-0.1, -0.05) is 38.1 Å². The van der Waals surface area contributed by atoms with Crippen LogP contribution < -0.4 is 14.0 Å². The highest BCUT2D eigenvalue weighted by molar-refractivity contribution is 5.69. The van der Waals surface area contributed by atoms with Gasteiger partial charge < -0.3 is 9.47 Å². The van der Waals surface area contributed by atoms with Crippen molar-refractivity contribution in [3.63, 3.8) is 0 Å². The van der Waals surface area contributed by atoms with Crippen molar-refractivity contribution in [1.82, 2.24) is 0 Å². The van der Waals surface area contributed by atoms with Crippen LogP contribution in [-0.2, 0) is 6.54 Å². The zero-order valence-electron chi connectivity index (χ0n) is 19.6. The molecule has 0 aliphatic carbocycles. The van der Waals surface area contributed by atoms with Crippen LogP contribution in [0.4, 0.5) is 0 Å². The van der Waals surface area contributed by atoms with Crippen LogP contribution in [0.1, 0.15) is 50.2 Å². The second-order valence-corrected chi connectivity index (χ2v) is 8.05. The van der Waals surface area contributed by atoms with Gasteiger partial charge in [0.2, 0.25) is 11.4 Å². The van der Waals surface area contributed by atoms with E-state index in [0.717, 1.165) is 29.2 Å². The van der Waals surface area contributed by atoms with E-state index in [2.05, 4.69) is 85.2 Å². The van der Waals surface area contributed by atoms with Gasteiger partial charge in [0.05, 0.1) is 13.2 Å².